The summed E-state index contributed by atoms with van der Waals surface area (Å²) in [5.74, 6) is 3.36. The van der Waals surface area contributed by atoms with E-state index in [-0.39, 0.29) is 5.41 Å². The van der Waals surface area contributed by atoms with E-state index in [0.29, 0.717) is 0 Å². The summed E-state index contributed by atoms with van der Waals surface area (Å²) in [6, 6.07) is 51.6. The molecule has 4 fully saturated rings. The van der Waals surface area contributed by atoms with Crippen LogP contribution in [0.4, 0.5) is 17.1 Å². The minimum absolute atomic E-state index is 0.146. The standard InChI is InChI=1S/C46H37NO/c1-2-10-34(11-3-1)47(35-22-20-31(21-23-35)36-14-8-15-38-37-12-5-7-19-43(37)48-45(36)38)42-18-9-17-41-44(42)39-13-4-6-16-40(39)46(41)32-25-29-24-30(27-32)28-33(46)26-29/h1-23,29-30,32-33H,24-28H2. The second kappa shape index (κ2) is 9.97. The van der Waals surface area contributed by atoms with Crippen LogP contribution in [0.2, 0.25) is 0 Å². The number of nitrogens with zero attached hydrogens (tertiary/aromatic N) is 1. The molecule has 6 aromatic carbocycles. The Labute approximate surface area is 281 Å². The number of para-hydroxylation sites is 3. The lowest BCUT2D eigenvalue weighted by molar-refractivity contribution is -0.0399. The van der Waals surface area contributed by atoms with Crippen LogP contribution < -0.4 is 4.90 Å². The number of rotatable bonds is 4. The van der Waals surface area contributed by atoms with Gasteiger partial charge in [0.2, 0.25) is 0 Å². The fourth-order valence-corrected chi connectivity index (χ4v) is 11.1. The summed E-state index contributed by atoms with van der Waals surface area (Å²) in [6.45, 7) is 0. The Balaban J connectivity index is 1.09. The predicted molar refractivity (Wildman–Crippen MR) is 197 cm³/mol. The van der Waals surface area contributed by atoms with Crippen LogP contribution in [0.3, 0.4) is 0 Å². The summed E-state index contributed by atoms with van der Waals surface area (Å²) < 4.78 is 6.42. The van der Waals surface area contributed by atoms with Gasteiger partial charge >= 0.3 is 0 Å². The normalized spacial score (nSPS) is 24.8. The van der Waals surface area contributed by atoms with Crippen LogP contribution in [0.15, 0.2) is 144 Å². The summed E-state index contributed by atoms with van der Waals surface area (Å²) in [6.07, 6.45) is 7.06. The highest BCUT2D eigenvalue weighted by Crippen LogP contribution is 2.70. The molecule has 1 heterocycles. The van der Waals surface area contributed by atoms with Gasteiger partial charge in [-0.1, -0.05) is 103 Å². The number of hydrogen-bond donors (Lipinski definition) is 0. The quantitative estimate of drug-likeness (QED) is 0.195. The average Bonchev–Trinajstić information content (AvgIpc) is 3.66. The lowest BCUT2D eigenvalue weighted by atomic mass is 9.43. The van der Waals surface area contributed by atoms with Gasteiger partial charge in [-0.2, -0.15) is 0 Å². The molecule has 12 rings (SSSR count). The first-order chi connectivity index (χ1) is 23.8. The Hall–Kier alpha value is -5.08. The molecule has 2 heteroatoms. The topological polar surface area (TPSA) is 16.4 Å². The number of fused-ring (bicyclic) bond motifs is 6. The van der Waals surface area contributed by atoms with Crippen molar-refractivity contribution < 1.29 is 4.42 Å². The molecule has 0 aliphatic heterocycles. The lowest BCUT2D eigenvalue weighted by Gasteiger charge is -2.61. The summed E-state index contributed by atoms with van der Waals surface area (Å²) >= 11 is 0. The fourth-order valence-electron chi connectivity index (χ4n) is 11.1. The van der Waals surface area contributed by atoms with E-state index >= 15 is 0 Å². The van der Waals surface area contributed by atoms with Crippen molar-refractivity contribution in [2.75, 3.05) is 4.90 Å². The maximum absolute atomic E-state index is 6.42. The van der Waals surface area contributed by atoms with E-state index < -0.39 is 0 Å². The van der Waals surface area contributed by atoms with Crippen LogP contribution in [0, 0.1) is 23.7 Å². The van der Waals surface area contributed by atoms with Gasteiger partial charge < -0.3 is 9.32 Å². The minimum Gasteiger partial charge on any atom is -0.455 e. The molecule has 5 aliphatic carbocycles. The Morgan fingerprint density at radius 1 is 0.500 bits per heavy atom. The second-order valence-electron chi connectivity index (χ2n) is 14.9. The van der Waals surface area contributed by atoms with Crippen molar-refractivity contribution in [1.82, 2.24) is 0 Å². The third kappa shape index (κ3) is 3.58. The highest BCUT2D eigenvalue weighted by molar-refractivity contribution is 6.09. The Bertz CT molecular complexity index is 2340. The van der Waals surface area contributed by atoms with E-state index in [1.54, 1.807) is 11.1 Å². The monoisotopic (exact) mass is 619 g/mol. The number of benzene rings is 6. The molecule has 0 saturated heterocycles. The van der Waals surface area contributed by atoms with E-state index in [0.717, 1.165) is 56.7 Å². The SMILES string of the molecule is c1ccc(N(c2ccc(-c3cccc4c3oc3ccccc34)cc2)c2cccc3c2-c2ccccc2C32C3CC4CC(C3)CC2C4)cc1. The highest BCUT2D eigenvalue weighted by atomic mass is 16.3. The third-order valence-electron chi connectivity index (χ3n) is 12.7. The molecule has 2 nitrogen and oxygen atoms in total. The van der Waals surface area contributed by atoms with Gasteiger partial charge in [0.1, 0.15) is 11.2 Å². The number of furan rings is 1. The van der Waals surface area contributed by atoms with E-state index in [1.807, 2.05) is 6.07 Å². The largest absolute Gasteiger partial charge is 0.455 e. The molecule has 0 radical (unpaired) electrons. The van der Waals surface area contributed by atoms with Crippen LogP contribution >= 0.6 is 0 Å². The second-order valence-corrected chi connectivity index (χ2v) is 14.9. The zero-order valence-electron chi connectivity index (χ0n) is 27.0. The van der Waals surface area contributed by atoms with Gasteiger partial charge in [0.15, 0.2) is 0 Å². The van der Waals surface area contributed by atoms with Crippen molar-refractivity contribution in [1.29, 1.82) is 0 Å². The summed E-state index contributed by atoms with van der Waals surface area (Å²) in [4.78, 5) is 2.50. The van der Waals surface area contributed by atoms with E-state index in [4.69, 9.17) is 4.42 Å². The van der Waals surface area contributed by atoms with E-state index in [1.165, 1.54) is 60.3 Å². The van der Waals surface area contributed by atoms with Gasteiger partial charge in [0.05, 0.1) is 5.69 Å². The van der Waals surface area contributed by atoms with Crippen molar-refractivity contribution in [3.8, 4) is 22.3 Å². The van der Waals surface area contributed by atoms with Gasteiger partial charge in [0.25, 0.3) is 0 Å². The number of hydrogen-bond acceptors (Lipinski definition) is 2. The first kappa shape index (κ1) is 26.9. The molecular formula is C46H37NO. The van der Waals surface area contributed by atoms with Crippen LogP contribution in [-0.4, -0.2) is 0 Å². The van der Waals surface area contributed by atoms with Crippen LogP contribution in [0.1, 0.15) is 43.2 Å². The molecule has 4 saturated carbocycles. The van der Waals surface area contributed by atoms with Gasteiger partial charge in [-0.15, -0.1) is 0 Å². The molecule has 7 aromatic rings. The molecule has 0 atom stereocenters. The molecule has 0 N–H and O–H groups in total. The van der Waals surface area contributed by atoms with Crippen molar-refractivity contribution in [3.63, 3.8) is 0 Å². The zero-order valence-corrected chi connectivity index (χ0v) is 27.0. The Kier molecular flexibility index (Phi) is 5.59. The smallest absolute Gasteiger partial charge is 0.143 e. The molecule has 1 spiro atoms. The van der Waals surface area contributed by atoms with Gasteiger partial charge in [0, 0.05) is 38.7 Å². The number of anilines is 3. The summed E-state index contributed by atoms with van der Waals surface area (Å²) in [5.41, 5.74) is 14.0. The molecule has 0 unspecified atom stereocenters. The van der Waals surface area contributed by atoms with Crippen molar-refractivity contribution in [2.24, 2.45) is 23.7 Å². The van der Waals surface area contributed by atoms with Crippen molar-refractivity contribution in [2.45, 2.75) is 37.5 Å². The van der Waals surface area contributed by atoms with Crippen LogP contribution in [0.25, 0.3) is 44.2 Å². The minimum atomic E-state index is 0.146. The van der Waals surface area contributed by atoms with Crippen molar-refractivity contribution in [3.05, 3.63) is 151 Å². The zero-order chi connectivity index (χ0) is 31.4. The maximum Gasteiger partial charge on any atom is 0.143 e. The van der Waals surface area contributed by atoms with Gasteiger partial charge in [-0.05, 0) is 114 Å². The van der Waals surface area contributed by atoms with Gasteiger partial charge in [-0.25, -0.2) is 0 Å². The fraction of sp³-hybridized carbons (Fsp3) is 0.217. The summed E-state index contributed by atoms with van der Waals surface area (Å²) in [7, 11) is 0. The highest BCUT2D eigenvalue weighted by Gasteiger charge is 2.61. The molecule has 4 bridgehead atoms. The predicted octanol–water partition coefficient (Wildman–Crippen LogP) is 12.4. The first-order valence-corrected chi connectivity index (χ1v) is 17.9. The van der Waals surface area contributed by atoms with Crippen molar-refractivity contribution >= 4 is 39.0 Å². The van der Waals surface area contributed by atoms with Crippen LogP contribution in [0.5, 0.6) is 0 Å². The van der Waals surface area contributed by atoms with E-state index in [9.17, 15) is 0 Å². The summed E-state index contributed by atoms with van der Waals surface area (Å²) in [5, 5.41) is 2.33. The maximum atomic E-state index is 6.42. The molecular weight excluding hydrogens is 583 g/mol. The lowest BCUT2D eigenvalue weighted by Crippen LogP contribution is -2.55. The Morgan fingerprint density at radius 3 is 1.94 bits per heavy atom. The van der Waals surface area contributed by atoms with Crippen LogP contribution in [-0.2, 0) is 5.41 Å². The molecule has 1 aromatic heterocycles. The van der Waals surface area contributed by atoms with E-state index in [2.05, 4.69) is 138 Å². The first-order valence-electron chi connectivity index (χ1n) is 17.9. The molecule has 48 heavy (non-hydrogen) atoms. The Morgan fingerprint density at radius 2 is 1.12 bits per heavy atom. The molecule has 5 aliphatic rings. The third-order valence-corrected chi connectivity index (χ3v) is 12.7. The molecule has 232 valence electrons. The molecule has 0 amide bonds. The van der Waals surface area contributed by atoms with Gasteiger partial charge in [-0.3, -0.25) is 0 Å². The average molecular weight is 620 g/mol.